The molecule has 176 valence electrons. The maximum Gasteiger partial charge on any atom is 0.226 e. The summed E-state index contributed by atoms with van der Waals surface area (Å²) in [6, 6.07) is 19.2. The zero-order valence-corrected chi connectivity index (χ0v) is 21.2. The Hall–Kier alpha value is -3.49. The minimum Gasteiger partial charge on any atom is -0.497 e. The topological polar surface area (TPSA) is 70.4 Å². The highest BCUT2D eigenvalue weighted by molar-refractivity contribution is 9.10. The number of benzene rings is 3. The maximum absolute atomic E-state index is 6.68. The van der Waals surface area contributed by atoms with Crippen LogP contribution in [-0.4, -0.2) is 29.0 Å². The molecule has 35 heavy (non-hydrogen) atoms. The van der Waals surface area contributed by atoms with E-state index in [1.807, 2.05) is 65.3 Å². The molecule has 2 aliphatic rings. The van der Waals surface area contributed by atoms with E-state index in [0.717, 1.165) is 43.9 Å². The Balaban J connectivity index is 1.64. The maximum atomic E-state index is 6.68. The fourth-order valence-electron chi connectivity index (χ4n) is 4.72. The molecule has 0 spiro atoms. The standard InChI is InChI=1S/C26H20BrClN4O3/c1-33-17-7-3-14(4-8-17)24-22-23(31-26-29-13-30-32(24)26)18-12-16(28)6-10-21(18)35-25(22)19-11-15(27)5-9-20(19)34-2/h3-13,24-25H,1-2H3,(H,29,30,31)/t24-,25+/m1/s1. The number of aromatic nitrogens is 3. The van der Waals surface area contributed by atoms with Gasteiger partial charge < -0.3 is 19.5 Å². The van der Waals surface area contributed by atoms with Crippen LogP contribution in [0.15, 0.2) is 77.0 Å². The molecule has 0 radical (unpaired) electrons. The number of nitrogens with zero attached hydrogens (tertiary/aromatic N) is 3. The minimum atomic E-state index is -0.469. The predicted octanol–water partition coefficient (Wildman–Crippen LogP) is 6.27. The van der Waals surface area contributed by atoms with Gasteiger partial charge in [-0.05, 0) is 54.1 Å². The fourth-order valence-corrected chi connectivity index (χ4v) is 5.27. The van der Waals surface area contributed by atoms with Gasteiger partial charge in [0.1, 0.15) is 29.6 Å². The van der Waals surface area contributed by atoms with Gasteiger partial charge in [0.15, 0.2) is 6.10 Å². The summed E-state index contributed by atoms with van der Waals surface area (Å²) in [7, 11) is 3.31. The van der Waals surface area contributed by atoms with Gasteiger partial charge in [0.2, 0.25) is 5.95 Å². The van der Waals surface area contributed by atoms with E-state index in [9.17, 15) is 0 Å². The molecule has 0 amide bonds. The molecule has 1 N–H and O–H groups in total. The van der Waals surface area contributed by atoms with Gasteiger partial charge in [0.05, 0.1) is 19.9 Å². The fraction of sp³-hybridized carbons (Fsp3) is 0.154. The smallest absolute Gasteiger partial charge is 0.226 e. The lowest BCUT2D eigenvalue weighted by atomic mass is 9.84. The summed E-state index contributed by atoms with van der Waals surface area (Å²) >= 11 is 10.0. The van der Waals surface area contributed by atoms with E-state index in [1.54, 1.807) is 20.5 Å². The van der Waals surface area contributed by atoms with E-state index >= 15 is 0 Å². The number of hydrogen-bond donors (Lipinski definition) is 1. The van der Waals surface area contributed by atoms with Crippen LogP contribution in [0.25, 0.3) is 5.70 Å². The van der Waals surface area contributed by atoms with Crippen molar-refractivity contribution < 1.29 is 14.2 Å². The van der Waals surface area contributed by atoms with Gasteiger partial charge in [-0.25, -0.2) is 4.68 Å². The van der Waals surface area contributed by atoms with Crippen molar-refractivity contribution in [2.45, 2.75) is 12.1 Å². The zero-order valence-electron chi connectivity index (χ0n) is 18.8. The first kappa shape index (κ1) is 22.0. The molecule has 0 saturated heterocycles. The number of rotatable bonds is 4. The lowest BCUT2D eigenvalue weighted by Crippen LogP contribution is -2.32. The first-order valence-corrected chi connectivity index (χ1v) is 12.1. The lowest BCUT2D eigenvalue weighted by molar-refractivity contribution is 0.217. The average Bonchev–Trinajstić information content (AvgIpc) is 3.35. The Morgan fingerprint density at radius 3 is 2.63 bits per heavy atom. The third kappa shape index (κ3) is 3.64. The number of hydrogen-bond acceptors (Lipinski definition) is 6. The Kier molecular flexibility index (Phi) is 5.42. The Labute approximate surface area is 215 Å². The second-order valence-electron chi connectivity index (χ2n) is 8.18. The summed E-state index contributed by atoms with van der Waals surface area (Å²) in [5.74, 6) is 2.85. The summed E-state index contributed by atoms with van der Waals surface area (Å²) in [4.78, 5) is 4.47. The van der Waals surface area contributed by atoms with Crippen LogP contribution in [0, 0.1) is 0 Å². The molecule has 3 aromatic carbocycles. The van der Waals surface area contributed by atoms with Crippen LogP contribution in [-0.2, 0) is 0 Å². The highest BCUT2D eigenvalue weighted by Gasteiger charge is 2.42. The van der Waals surface area contributed by atoms with Crippen molar-refractivity contribution in [1.29, 1.82) is 0 Å². The summed E-state index contributed by atoms with van der Waals surface area (Å²) in [5.41, 5.74) is 4.63. The summed E-state index contributed by atoms with van der Waals surface area (Å²) in [6.45, 7) is 0. The molecule has 7 nitrogen and oxygen atoms in total. The number of halogens is 2. The SMILES string of the molecule is COc1ccc([C@@H]2C3=C(Nc4ncnn42)c2cc(Cl)ccc2O[C@H]3c2cc(Br)ccc2OC)cc1. The molecular weight excluding hydrogens is 532 g/mol. The molecular formula is C26H20BrClN4O3. The van der Waals surface area contributed by atoms with Gasteiger partial charge in [0, 0.05) is 26.2 Å². The van der Waals surface area contributed by atoms with Crippen LogP contribution in [0.1, 0.15) is 28.8 Å². The van der Waals surface area contributed by atoms with E-state index in [2.05, 4.69) is 31.3 Å². The van der Waals surface area contributed by atoms with E-state index in [-0.39, 0.29) is 6.04 Å². The van der Waals surface area contributed by atoms with E-state index in [0.29, 0.717) is 16.7 Å². The van der Waals surface area contributed by atoms with Gasteiger partial charge in [-0.3, -0.25) is 0 Å². The van der Waals surface area contributed by atoms with Crippen LogP contribution in [0.4, 0.5) is 5.95 Å². The molecule has 6 rings (SSSR count). The molecule has 0 fully saturated rings. The quantitative estimate of drug-likeness (QED) is 0.322. The van der Waals surface area contributed by atoms with Crippen LogP contribution in [0.2, 0.25) is 5.02 Å². The number of nitrogens with one attached hydrogen (secondary N) is 1. The Bertz CT molecular complexity index is 1470. The van der Waals surface area contributed by atoms with Crippen LogP contribution in [0.3, 0.4) is 0 Å². The number of ether oxygens (including phenoxy) is 3. The molecule has 0 aliphatic carbocycles. The molecule has 0 unspecified atom stereocenters. The predicted molar refractivity (Wildman–Crippen MR) is 137 cm³/mol. The number of methoxy groups -OCH3 is 2. The minimum absolute atomic E-state index is 0.296. The van der Waals surface area contributed by atoms with Gasteiger partial charge in [-0.1, -0.05) is 39.7 Å². The summed E-state index contributed by atoms with van der Waals surface area (Å²) in [6.07, 6.45) is 1.08. The molecule has 2 atom stereocenters. The first-order chi connectivity index (χ1) is 17.1. The van der Waals surface area contributed by atoms with E-state index in [1.165, 1.54) is 0 Å². The molecule has 9 heteroatoms. The number of fused-ring (bicyclic) bond motifs is 3. The molecule has 4 aromatic rings. The normalized spacial score (nSPS) is 18.1. The van der Waals surface area contributed by atoms with Crippen molar-refractivity contribution in [2.75, 3.05) is 19.5 Å². The van der Waals surface area contributed by atoms with Gasteiger partial charge >= 0.3 is 0 Å². The van der Waals surface area contributed by atoms with Crippen LogP contribution < -0.4 is 19.5 Å². The van der Waals surface area contributed by atoms with E-state index < -0.39 is 6.10 Å². The van der Waals surface area contributed by atoms with E-state index in [4.69, 9.17) is 25.8 Å². The second-order valence-corrected chi connectivity index (χ2v) is 9.54. The average molecular weight is 552 g/mol. The van der Waals surface area contributed by atoms with Crippen molar-refractivity contribution in [3.8, 4) is 17.2 Å². The van der Waals surface area contributed by atoms with Gasteiger partial charge in [-0.15, -0.1) is 0 Å². The monoisotopic (exact) mass is 550 g/mol. The van der Waals surface area contributed by atoms with Crippen LogP contribution in [0.5, 0.6) is 17.2 Å². The second kappa shape index (κ2) is 8.62. The Morgan fingerprint density at radius 1 is 1.03 bits per heavy atom. The van der Waals surface area contributed by atoms with Crippen molar-refractivity contribution in [3.05, 3.63) is 98.7 Å². The number of anilines is 1. The summed E-state index contributed by atoms with van der Waals surface area (Å²) < 4.78 is 20.6. The Morgan fingerprint density at radius 2 is 1.86 bits per heavy atom. The lowest BCUT2D eigenvalue weighted by Gasteiger charge is -2.39. The molecule has 3 heterocycles. The van der Waals surface area contributed by atoms with Gasteiger partial charge in [-0.2, -0.15) is 10.1 Å². The third-order valence-electron chi connectivity index (χ3n) is 6.28. The highest BCUT2D eigenvalue weighted by atomic mass is 79.9. The largest absolute Gasteiger partial charge is 0.497 e. The molecule has 2 aliphatic heterocycles. The van der Waals surface area contributed by atoms with Crippen molar-refractivity contribution >= 4 is 39.2 Å². The summed E-state index contributed by atoms with van der Waals surface area (Å²) in [5, 5.41) is 8.67. The molecule has 0 bridgehead atoms. The van der Waals surface area contributed by atoms with Crippen molar-refractivity contribution in [3.63, 3.8) is 0 Å². The molecule has 1 aromatic heterocycles. The van der Waals surface area contributed by atoms with Crippen LogP contribution >= 0.6 is 27.5 Å². The van der Waals surface area contributed by atoms with Gasteiger partial charge in [0.25, 0.3) is 0 Å². The first-order valence-electron chi connectivity index (χ1n) is 10.9. The zero-order chi connectivity index (χ0) is 24.1. The third-order valence-corrected chi connectivity index (χ3v) is 7.01. The van der Waals surface area contributed by atoms with Crippen molar-refractivity contribution in [1.82, 2.24) is 14.8 Å². The molecule has 0 saturated carbocycles. The van der Waals surface area contributed by atoms with Crippen molar-refractivity contribution in [2.24, 2.45) is 0 Å². The highest BCUT2D eigenvalue weighted by Crippen LogP contribution is 2.52.